The van der Waals surface area contributed by atoms with E-state index in [4.69, 9.17) is 0 Å². The van der Waals surface area contributed by atoms with Crippen molar-refractivity contribution in [2.24, 2.45) is 16.1 Å². The molecule has 3 heterocycles. The van der Waals surface area contributed by atoms with Crippen LogP contribution in [0.1, 0.15) is 43.5 Å². The van der Waals surface area contributed by atoms with Crippen molar-refractivity contribution in [2.45, 2.75) is 32.1 Å². The van der Waals surface area contributed by atoms with Gasteiger partial charge < -0.3 is 10.2 Å². The fraction of sp³-hybridized carbons (Fsp3) is 0.300. The van der Waals surface area contributed by atoms with Crippen LogP contribution < -0.4 is 0 Å². The Morgan fingerprint density at radius 3 is 2.31 bits per heavy atom. The molecule has 0 saturated heterocycles. The molecule has 6 nitrogen and oxygen atoms in total. The molecule has 2 N–H and O–H groups in total. The highest BCUT2D eigenvalue weighted by Crippen LogP contribution is 2.35. The summed E-state index contributed by atoms with van der Waals surface area (Å²) in [6.07, 6.45) is 10.6. The fourth-order valence-corrected chi connectivity index (χ4v) is 3.57. The zero-order valence-corrected chi connectivity index (χ0v) is 14.3. The molecular weight excluding hydrogens is 328 g/mol. The van der Waals surface area contributed by atoms with E-state index in [1.807, 2.05) is 0 Å². The van der Waals surface area contributed by atoms with E-state index < -0.39 is 0 Å². The molecule has 2 aromatic rings. The van der Waals surface area contributed by atoms with Crippen molar-refractivity contribution >= 4 is 11.4 Å². The second-order valence-electron chi connectivity index (χ2n) is 6.53. The summed E-state index contributed by atoms with van der Waals surface area (Å²) >= 11 is 0. The van der Waals surface area contributed by atoms with Gasteiger partial charge >= 0.3 is 0 Å². The molecule has 6 heteroatoms. The van der Waals surface area contributed by atoms with Gasteiger partial charge in [-0.05, 0) is 49.1 Å². The quantitative estimate of drug-likeness (QED) is 0.867. The van der Waals surface area contributed by atoms with Crippen LogP contribution in [0.2, 0.25) is 0 Å². The van der Waals surface area contributed by atoms with Gasteiger partial charge in [0, 0.05) is 18.3 Å². The summed E-state index contributed by atoms with van der Waals surface area (Å²) < 4.78 is 0. The first-order chi connectivity index (χ1) is 12.8. The van der Waals surface area contributed by atoms with Crippen molar-refractivity contribution in [3.05, 3.63) is 59.7 Å². The zero-order valence-electron chi connectivity index (χ0n) is 14.3. The fourth-order valence-electron chi connectivity index (χ4n) is 3.57. The largest absolute Gasteiger partial charge is 0.506 e. The van der Waals surface area contributed by atoms with Gasteiger partial charge in [-0.1, -0.05) is 18.9 Å². The number of aromatic nitrogens is 2. The molecule has 1 unspecified atom stereocenters. The van der Waals surface area contributed by atoms with Gasteiger partial charge in [-0.25, -0.2) is 0 Å². The molecule has 1 aliphatic carbocycles. The average Bonchev–Trinajstić information content (AvgIpc) is 2.63. The summed E-state index contributed by atoms with van der Waals surface area (Å²) in [7, 11) is 0. The molecule has 0 spiro atoms. The maximum Gasteiger partial charge on any atom is 0.143 e. The predicted octanol–water partition coefficient (Wildman–Crippen LogP) is 3.60. The maximum absolute atomic E-state index is 10.2. The van der Waals surface area contributed by atoms with Crippen molar-refractivity contribution in [3.8, 4) is 11.5 Å². The van der Waals surface area contributed by atoms with Crippen LogP contribution in [0.25, 0.3) is 0 Å². The third kappa shape index (κ3) is 2.98. The summed E-state index contributed by atoms with van der Waals surface area (Å²) in [5.41, 5.74) is 3.20. The van der Waals surface area contributed by atoms with Gasteiger partial charge in [0.25, 0.3) is 0 Å². The lowest BCUT2D eigenvalue weighted by Crippen LogP contribution is -2.28. The standard InChI is InChI=1S/C20H20N4O2/c25-15-9-5-11-21-19(15)17-13-7-3-1-2-4-8-14(13)18(24-23-17)20-16(26)10-6-12-22-20/h5-7,9-12,14,25-26H,1-4,8H2/b13-7+. The summed E-state index contributed by atoms with van der Waals surface area (Å²) in [6.45, 7) is 0. The van der Waals surface area contributed by atoms with Gasteiger partial charge in [-0.2, -0.15) is 5.10 Å². The van der Waals surface area contributed by atoms with Crippen LogP contribution in [0.4, 0.5) is 0 Å². The van der Waals surface area contributed by atoms with Gasteiger partial charge in [0.2, 0.25) is 0 Å². The first-order valence-corrected chi connectivity index (χ1v) is 8.90. The second kappa shape index (κ2) is 7.07. The Balaban J connectivity index is 1.88. The van der Waals surface area contributed by atoms with Crippen molar-refractivity contribution in [1.29, 1.82) is 0 Å². The molecular formula is C20H20N4O2. The highest BCUT2D eigenvalue weighted by Gasteiger charge is 2.33. The number of pyridine rings is 2. The second-order valence-corrected chi connectivity index (χ2v) is 6.53. The first kappa shape index (κ1) is 16.4. The molecule has 0 fully saturated rings. The van der Waals surface area contributed by atoms with Crippen LogP contribution >= 0.6 is 0 Å². The van der Waals surface area contributed by atoms with E-state index in [9.17, 15) is 10.2 Å². The lowest BCUT2D eigenvalue weighted by molar-refractivity contribution is 0.469. The highest BCUT2D eigenvalue weighted by atomic mass is 16.3. The molecule has 0 aromatic carbocycles. The first-order valence-electron chi connectivity index (χ1n) is 8.90. The van der Waals surface area contributed by atoms with Gasteiger partial charge in [0.1, 0.15) is 28.6 Å². The molecule has 1 aliphatic heterocycles. The Morgan fingerprint density at radius 2 is 1.58 bits per heavy atom. The van der Waals surface area contributed by atoms with Gasteiger partial charge in [0.15, 0.2) is 0 Å². The van der Waals surface area contributed by atoms with Crippen molar-refractivity contribution in [3.63, 3.8) is 0 Å². The maximum atomic E-state index is 10.2. The number of hydrogen-bond donors (Lipinski definition) is 2. The monoisotopic (exact) mass is 348 g/mol. The van der Waals surface area contributed by atoms with Crippen LogP contribution in [0.5, 0.6) is 11.5 Å². The van der Waals surface area contributed by atoms with Crippen LogP contribution in [0, 0.1) is 5.92 Å². The van der Waals surface area contributed by atoms with Crippen molar-refractivity contribution in [2.75, 3.05) is 0 Å². The molecule has 2 aliphatic rings. The summed E-state index contributed by atoms with van der Waals surface area (Å²) in [5.74, 6) is 0.171. The van der Waals surface area contributed by atoms with Crippen molar-refractivity contribution in [1.82, 2.24) is 9.97 Å². The third-order valence-corrected chi connectivity index (χ3v) is 4.84. The summed E-state index contributed by atoms with van der Waals surface area (Å²) in [6, 6.07) is 6.60. The molecule has 0 radical (unpaired) electrons. The predicted molar refractivity (Wildman–Crippen MR) is 99.5 cm³/mol. The lowest BCUT2D eigenvalue weighted by Gasteiger charge is -2.27. The minimum absolute atomic E-state index is 0.0231. The average molecular weight is 348 g/mol. The zero-order chi connectivity index (χ0) is 17.9. The minimum atomic E-state index is -0.0231. The molecule has 0 saturated carbocycles. The van der Waals surface area contributed by atoms with E-state index in [0.29, 0.717) is 22.8 Å². The van der Waals surface area contributed by atoms with E-state index >= 15 is 0 Å². The van der Waals surface area contributed by atoms with E-state index in [-0.39, 0.29) is 17.4 Å². The van der Waals surface area contributed by atoms with Gasteiger partial charge in [0.05, 0.1) is 5.71 Å². The molecule has 132 valence electrons. The van der Waals surface area contributed by atoms with Gasteiger partial charge in [-0.15, -0.1) is 5.10 Å². The Hall–Kier alpha value is -3.02. The lowest BCUT2D eigenvalue weighted by atomic mass is 9.80. The molecule has 4 rings (SSSR count). The number of nitrogens with zero attached hydrogens (tertiary/aromatic N) is 4. The van der Waals surface area contributed by atoms with Crippen LogP contribution in [0.3, 0.4) is 0 Å². The summed E-state index contributed by atoms with van der Waals surface area (Å²) in [5, 5.41) is 29.3. The minimum Gasteiger partial charge on any atom is -0.506 e. The van der Waals surface area contributed by atoms with E-state index in [1.165, 1.54) is 0 Å². The number of allylic oxidation sites excluding steroid dienone is 2. The molecule has 1 atom stereocenters. The van der Waals surface area contributed by atoms with E-state index in [2.05, 4.69) is 26.2 Å². The van der Waals surface area contributed by atoms with Gasteiger partial charge in [-0.3, -0.25) is 9.97 Å². The summed E-state index contributed by atoms with van der Waals surface area (Å²) in [4.78, 5) is 8.63. The van der Waals surface area contributed by atoms with E-state index in [0.717, 1.165) is 37.7 Å². The Morgan fingerprint density at radius 1 is 0.846 bits per heavy atom. The Bertz CT molecular complexity index is 918. The third-order valence-electron chi connectivity index (χ3n) is 4.84. The van der Waals surface area contributed by atoms with Crippen LogP contribution in [0.15, 0.2) is 58.5 Å². The molecule has 0 bridgehead atoms. The van der Waals surface area contributed by atoms with Crippen LogP contribution in [-0.4, -0.2) is 31.6 Å². The number of fused-ring (bicyclic) bond motifs is 1. The molecule has 26 heavy (non-hydrogen) atoms. The topological polar surface area (TPSA) is 91.0 Å². The number of hydrogen-bond acceptors (Lipinski definition) is 6. The molecule has 2 aromatic heterocycles. The SMILES string of the molecule is Oc1cccnc1C1=NN=C(c2ncccc2O)C2CCCCC/C=C/12. The highest BCUT2D eigenvalue weighted by molar-refractivity contribution is 6.20. The smallest absolute Gasteiger partial charge is 0.143 e. The number of rotatable bonds is 2. The Kier molecular flexibility index (Phi) is 4.48. The number of aromatic hydroxyl groups is 2. The van der Waals surface area contributed by atoms with Crippen LogP contribution in [-0.2, 0) is 0 Å². The Labute approximate surface area is 151 Å². The molecule has 0 amide bonds. The van der Waals surface area contributed by atoms with E-state index in [1.54, 1.807) is 36.7 Å². The van der Waals surface area contributed by atoms with Crippen molar-refractivity contribution < 1.29 is 10.2 Å². The normalized spacial score (nSPS) is 22.2.